The number of phenolic OH excluding ortho intramolecular Hbond substituents is 1. The van der Waals surface area contributed by atoms with E-state index in [0.29, 0.717) is 11.8 Å². The van der Waals surface area contributed by atoms with Crippen molar-refractivity contribution in [3.05, 3.63) is 29.3 Å². The van der Waals surface area contributed by atoms with Crippen LogP contribution in [0.4, 0.5) is 0 Å². The van der Waals surface area contributed by atoms with E-state index >= 15 is 0 Å². The van der Waals surface area contributed by atoms with E-state index < -0.39 is 0 Å². The number of fused-ring (bicyclic) bond motifs is 1. The lowest BCUT2D eigenvalue weighted by Gasteiger charge is -2.35. The van der Waals surface area contributed by atoms with E-state index in [2.05, 4.69) is 18.7 Å². The average Bonchev–Trinajstić information content (AvgIpc) is 2.16. The van der Waals surface area contributed by atoms with Crippen LogP contribution in [-0.2, 0) is 6.54 Å². The molecule has 3 N–H and O–H groups in total. The van der Waals surface area contributed by atoms with Crippen LogP contribution in [-0.4, -0.2) is 22.6 Å². The summed E-state index contributed by atoms with van der Waals surface area (Å²) in [6.45, 7) is 6.12. The number of aromatic hydroxyl groups is 1. The minimum absolute atomic E-state index is 0.0664. The lowest BCUT2D eigenvalue weighted by Crippen LogP contribution is -2.40. The third kappa shape index (κ3) is 1.98. The molecule has 0 saturated carbocycles. The third-order valence-electron chi connectivity index (χ3n) is 3.06. The number of hydrogen-bond acceptors (Lipinski definition) is 3. The van der Waals surface area contributed by atoms with Crippen molar-refractivity contribution in [3.63, 3.8) is 0 Å². The maximum absolute atomic E-state index is 9.44. The molecule has 0 radical (unpaired) electrons. The Hall–Kier alpha value is -1.06. The smallest absolute Gasteiger partial charge is 0.115 e. The fourth-order valence-corrected chi connectivity index (χ4v) is 2.12. The van der Waals surface area contributed by atoms with Gasteiger partial charge in [-0.2, -0.15) is 0 Å². The van der Waals surface area contributed by atoms with Gasteiger partial charge >= 0.3 is 0 Å². The maximum atomic E-state index is 9.44. The molecule has 0 bridgehead atoms. The number of rotatable bonds is 1. The van der Waals surface area contributed by atoms with Gasteiger partial charge in [0.25, 0.3) is 0 Å². The molecule has 1 aromatic carbocycles. The van der Waals surface area contributed by atoms with Crippen LogP contribution in [0, 0.1) is 0 Å². The Morgan fingerprint density at radius 3 is 2.87 bits per heavy atom. The third-order valence-corrected chi connectivity index (χ3v) is 3.06. The summed E-state index contributed by atoms with van der Waals surface area (Å²) in [5.41, 5.74) is 8.43. The van der Waals surface area contributed by atoms with E-state index in [1.165, 1.54) is 5.56 Å². The summed E-state index contributed by atoms with van der Waals surface area (Å²) in [6.07, 6.45) is 0. The van der Waals surface area contributed by atoms with Crippen molar-refractivity contribution in [2.75, 3.05) is 6.54 Å². The molecule has 1 aromatic rings. The first-order valence-electron chi connectivity index (χ1n) is 5.39. The minimum atomic E-state index is 0.0664. The Morgan fingerprint density at radius 1 is 1.47 bits per heavy atom. The van der Waals surface area contributed by atoms with Gasteiger partial charge in [-0.15, -0.1) is 0 Å². The number of hydrogen-bond donors (Lipinski definition) is 2. The monoisotopic (exact) mass is 206 g/mol. The van der Waals surface area contributed by atoms with Gasteiger partial charge in [-0.05, 0) is 37.1 Å². The molecule has 0 saturated heterocycles. The van der Waals surface area contributed by atoms with Crippen molar-refractivity contribution >= 4 is 0 Å². The van der Waals surface area contributed by atoms with Gasteiger partial charge in [-0.25, -0.2) is 0 Å². The molecule has 15 heavy (non-hydrogen) atoms. The molecule has 0 aromatic heterocycles. The van der Waals surface area contributed by atoms with E-state index in [-0.39, 0.29) is 6.04 Å². The quantitative estimate of drug-likeness (QED) is 0.734. The molecule has 0 fully saturated rings. The first-order chi connectivity index (χ1) is 7.08. The summed E-state index contributed by atoms with van der Waals surface area (Å²) in [7, 11) is 0. The van der Waals surface area contributed by atoms with E-state index in [0.717, 1.165) is 18.7 Å². The number of nitrogens with zero attached hydrogens (tertiary/aromatic N) is 1. The predicted molar refractivity (Wildman–Crippen MR) is 60.6 cm³/mol. The summed E-state index contributed by atoms with van der Waals surface area (Å²) < 4.78 is 0. The summed E-state index contributed by atoms with van der Waals surface area (Å²) in [5.74, 6) is 0.326. The predicted octanol–water partition coefficient (Wildman–Crippen LogP) is 1.62. The molecule has 3 nitrogen and oxygen atoms in total. The lowest BCUT2D eigenvalue weighted by atomic mass is 9.95. The molecule has 1 unspecified atom stereocenters. The van der Waals surface area contributed by atoms with Crippen LogP contribution < -0.4 is 5.73 Å². The van der Waals surface area contributed by atoms with E-state index in [1.807, 2.05) is 12.1 Å². The zero-order valence-corrected chi connectivity index (χ0v) is 9.27. The van der Waals surface area contributed by atoms with Crippen LogP contribution in [0.2, 0.25) is 0 Å². The van der Waals surface area contributed by atoms with Gasteiger partial charge in [0.1, 0.15) is 5.75 Å². The average molecular weight is 206 g/mol. The molecule has 1 aliphatic heterocycles. The fraction of sp³-hybridized carbons (Fsp3) is 0.500. The Kier molecular flexibility index (Phi) is 2.67. The summed E-state index contributed by atoms with van der Waals surface area (Å²) >= 11 is 0. The summed E-state index contributed by atoms with van der Waals surface area (Å²) in [4.78, 5) is 2.33. The number of benzene rings is 1. The van der Waals surface area contributed by atoms with Gasteiger partial charge in [0.15, 0.2) is 0 Å². The van der Waals surface area contributed by atoms with Crippen LogP contribution in [0.25, 0.3) is 0 Å². The van der Waals surface area contributed by atoms with Crippen LogP contribution in [0.15, 0.2) is 18.2 Å². The van der Waals surface area contributed by atoms with Crippen LogP contribution in [0.1, 0.15) is 31.0 Å². The van der Waals surface area contributed by atoms with Crippen molar-refractivity contribution in [3.8, 4) is 5.75 Å². The zero-order valence-electron chi connectivity index (χ0n) is 9.27. The molecule has 0 spiro atoms. The largest absolute Gasteiger partial charge is 0.508 e. The molecule has 0 amide bonds. The normalized spacial score (nSPS) is 21.7. The Morgan fingerprint density at radius 2 is 2.20 bits per heavy atom. The second-order valence-corrected chi connectivity index (χ2v) is 4.51. The first-order valence-corrected chi connectivity index (χ1v) is 5.39. The molecule has 82 valence electrons. The van der Waals surface area contributed by atoms with Gasteiger partial charge in [-0.3, -0.25) is 4.90 Å². The topological polar surface area (TPSA) is 49.5 Å². The van der Waals surface area contributed by atoms with Crippen LogP contribution in [0.5, 0.6) is 5.75 Å². The molecular formula is C12H18N2O. The minimum Gasteiger partial charge on any atom is -0.508 e. The van der Waals surface area contributed by atoms with Crippen molar-refractivity contribution < 1.29 is 5.11 Å². The first kappa shape index (κ1) is 10.5. The highest BCUT2D eigenvalue weighted by Crippen LogP contribution is 2.28. The second kappa shape index (κ2) is 3.83. The molecule has 0 aliphatic carbocycles. The molecule has 3 heteroatoms. The highest BCUT2D eigenvalue weighted by molar-refractivity contribution is 5.38. The molecule has 1 aliphatic rings. The SMILES string of the molecule is CC(C)N1Cc2cc(O)ccc2C(N)C1. The Labute approximate surface area is 90.5 Å². The lowest BCUT2D eigenvalue weighted by molar-refractivity contribution is 0.185. The van der Waals surface area contributed by atoms with Gasteiger partial charge in [0.2, 0.25) is 0 Å². The van der Waals surface area contributed by atoms with Gasteiger partial charge in [0.05, 0.1) is 0 Å². The van der Waals surface area contributed by atoms with Crippen molar-refractivity contribution in [2.45, 2.75) is 32.5 Å². The fourth-order valence-electron chi connectivity index (χ4n) is 2.12. The van der Waals surface area contributed by atoms with Crippen molar-refractivity contribution in [2.24, 2.45) is 5.73 Å². The summed E-state index contributed by atoms with van der Waals surface area (Å²) in [5, 5.41) is 9.44. The van der Waals surface area contributed by atoms with E-state index in [4.69, 9.17) is 5.73 Å². The summed E-state index contributed by atoms with van der Waals surface area (Å²) in [6, 6.07) is 6.03. The number of phenols is 1. The van der Waals surface area contributed by atoms with E-state index in [9.17, 15) is 5.11 Å². The number of nitrogens with two attached hydrogens (primary N) is 1. The molecular weight excluding hydrogens is 188 g/mol. The standard InChI is InChI=1S/C12H18N2O/c1-8(2)14-6-9-5-10(15)3-4-11(9)12(13)7-14/h3-5,8,12,15H,6-7,13H2,1-2H3. The Bertz CT molecular complexity index is 363. The molecule has 1 heterocycles. The van der Waals surface area contributed by atoms with Crippen LogP contribution in [0.3, 0.4) is 0 Å². The van der Waals surface area contributed by atoms with Gasteiger partial charge < -0.3 is 10.8 Å². The maximum Gasteiger partial charge on any atom is 0.115 e. The zero-order chi connectivity index (χ0) is 11.0. The van der Waals surface area contributed by atoms with Crippen LogP contribution >= 0.6 is 0 Å². The van der Waals surface area contributed by atoms with E-state index in [1.54, 1.807) is 6.07 Å². The molecule has 2 rings (SSSR count). The highest BCUT2D eigenvalue weighted by atomic mass is 16.3. The highest BCUT2D eigenvalue weighted by Gasteiger charge is 2.24. The molecule has 1 atom stereocenters. The second-order valence-electron chi connectivity index (χ2n) is 4.51. The van der Waals surface area contributed by atoms with Gasteiger partial charge in [0, 0.05) is 25.2 Å². The van der Waals surface area contributed by atoms with Crippen molar-refractivity contribution in [1.29, 1.82) is 0 Å². The van der Waals surface area contributed by atoms with Crippen molar-refractivity contribution in [1.82, 2.24) is 4.90 Å². The van der Waals surface area contributed by atoms with Gasteiger partial charge in [-0.1, -0.05) is 6.07 Å². The Balaban J connectivity index is 2.33.